The molecule has 1 aliphatic rings. The minimum atomic E-state index is -4.06. The van der Waals surface area contributed by atoms with Crippen LogP contribution in [-0.4, -0.2) is 43.8 Å². The molecule has 0 heterocycles. The van der Waals surface area contributed by atoms with E-state index in [1.54, 1.807) is 43.3 Å². The van der Waals surface area contributed by atoms with Gasteiger partial charge in [0.25, 0.3) is 10.0 Å². The van der Waals surface area contributed by atoms with Crippen LogP contribution in [0.15, 0.2) is 83.8 Å². The Morgan fingerprint density at radius 3 is 2.26 bits per heavy atom. The van der Waals surface area contributed by atoms with Crippen molar-refractivity contribution < 1.29 is 18.0 Å². The zero-order chi connectivity index (χ0) is 28.0. The highest BCUT2D eigenvalue weighted by Gasteiger charge is 2.33. The summed E-state index contributed by atoms with van der Waals surface area (Å²) in [4.78, 5) is 28.9. The zero-order valence-corrected chi connectivity index (χ0v) is 23.7. The van der Waals surface area contributed by atoms with Crippen LogP contribution in [0.25, 0.3) is 0 Å². The van der Waals surface area contributed by atoms with Crippen LogP contribution < -0.4 is 9.62 Å². The van der Waals surface area contributed by atoms with Gasteiger partial charge < -0.3 is 10.2 Å². The van der Waals surface area contributed by atoms with Gasteiger partial charge in [0.15, 0.2) is 0 Å². The first-order valence-electron chi connectivity index (χ1n) is 13.5. The van der Waals surface area contributed by atoms with Gasteiger partial charge in [-0.05, 0) is 74.6 Å². The number of hydrogen-bond donors (Lipinski definition) is 1. The topological polar surface area (TPSA) is 86.8 Å². The Morgan fingerprint density at radius 2 is 1.59 bits per heavy atom. The number of nitrogens with zero attached hydrogens (tertiary/aromatic N) is 2. The molecule has 4 rings (SSSR count). The summed E-state index contributed by atoms with van der Waals surface area (Å²) < 4.78 is 28.8. The summed E-state index contributed by atoms with van der Waals surface area (Å²) >= 11 is 0. The Labute approximate surface area is 231 Å². The Morgan fingerprint density at radius 1 is 0.923 bits per heavy atom. The van der Waals surface area contributed by atoms with E-state index in [9.17, 15) is 18.0 Å². The van der Waals surface area contributed by atoms with Crippen LogP contribution in [0, 0.1) is 13.8 Å². The van der Waals surface area contributed by atoms with Gasteiger partial charge in [-0.2, -0.15) is 0 Å². The molecular formula is C31H37N3O4S. The number of sulfonamides is 1. The molecule has 2 amide bonds. The smallest absolute Gasteiger partial charge is 0.264 e. The van der Waals surface area contributed by atoms with Crippen LogP contribution in [0.4, 0.5) is 5.69 Å². The number of carbonyl (C=O) groups excluding carboxylic acids is 2. The number of carbonyl (C=O) groups is 2. The van der Waals surface area contributed by atoms with Crippen LogP contribution in [0.5, 0.6) is 0 Å². The Hall–Kier alpha value is -3.65. The lowest BCUT2D eigenvalue weighted by Gasteiger charge is -2.33. The maximum atomic E-state index is 14.0. The largest absolute Gasteiger partial charge is 0.352 e. The van der Waals surface area contributed by atoms with Crippen molar-refractivity contribution in [3.8, 4) is 0 Å². The summed E-state index contributed by atoms with van der Waals surface area (Å²) in [6.07, 6.45) is 4.02. The van der Waals surface area contributed by atoms with Crippen molar-refractivity contribution in [3.05, 3.63) is 95.6 Å². The molecule has 1 unspecified atom stereocenters. The fourth-order valence-electron chi connectivity index (χ4n) is 4.98. The monoisotopic (exact) mass is 547 g/mol. The molecule has 1 aliphatic carbocycles. The summed E-state index contributed by atoms with van der Waals surface area (Å²) in [5, 5.41) is 3.10. The predicted octanol–water partition coefficient (Wildman–Crippen LogP) is 4.97. The molecule has 0 aromatic heterocycles. The lowest BCUT2D eigenvalue weighted by Crippen LogP contribution is -2.52. The van der Waals surface area contributed by atoms with E-state index in [4.69, 9.17) is 0 Å². The summed E-state index contributed by atoms with van der Waals surface area (Å²) in [6, 6.07) is 22.2. The lowest BCUT2D eigenvalue weighted by molar-refractivity contribution is -0.139. The molecule has 1 N–H and O–H groups in total. The number of benzene rings is 3. The average Bonchev–Trinajstić information content (AvgIpc) is 3.44. The summed E-state index contributed by atoms with van der Waals surface area (Å²) in [5.74, 6) is -0.676. The molecule has 1 saturated carbocycles. The normalized spacial score (nSPS) is 14.5. The van der Waals surface area contributed by atoms with Gasteiger partial charge in [0.1, 0.15) is 12.6 Å². The number of aryl methyl sites for hydroxylation is 2. The highest BCUT2D eigenvalue weighted by molar-refractivity contribution is 7.92. The van der Waals surface area contributed by atoms with Gasteiger partial charge in [0.2, 0.25) is 11.8 Å². The summed E-state index contributed by atoms with van der Waals surface area (Å²) in [6.45, 7) is 5.30. The van der Waals surface area contributed by atoms with E-state index in [2.05, 4.69) is 5.32 Å². The Bertz CT molecular complexity index is 1400. The van der Waals surface area contributed by atoms with E-state index in [0.717, 1.165) is 46.7 Å². The molecule has 0 bridgehead atoms. The zero-order valence-electron chi connectivity index (χ0n) is 22.8. The SMILES string of the molecule is Cc1cccc(N(CC(=O)N(Cc2ccccc2C)C(C)C(=O)NC2CCCC2)S(=O)(=O)c2ccccc2)c1. The van der Waals surface area contributed by atoms with Crippen molar-refractivity contribution in [1.82, 2.24) is 10.2 Å². The van der Waals surface area contributed by atoms with Gasteiger partial charge in [-0.25, -0.2) is 8.42 Å². The molecule has 0 spiro atoms. The number of nitrogens with one attached hydrogen (secondary N) is 1. The van der Waals surface area contributed by atoms with Gasteiger partial charge in [-0.15, -0.1) is 0 Å². The first kappa shape index (κ1) is 28.4. The third-order valence-electron chi connectivity index (χ3n) is 7.37. The third-order valence-corrected chi connectivity index (χ3v) is 9.16. The van der Waals surface area contributed by atoms with E-state index in [-0.39, 0.29) is 23.4 Å². The van der Waals surface area contributed by atoms with Gasteiger partial charge in [0.05, 0.1) is 10.6 Å². The molecule has 0 radical (unpaired) electrons. The second-order valence-corrected chi connectivity index (χ2v) is 12.1. The molecule has 1 atom stereocenters. The van der Waals surface area contributed by atoms with Crippen molar-refractivity contribution in [2.75, 3.05) is 10.8 Å². The molecule has 3 aromatic rings. The van der Waals surface area contributed by atoms with Gasteiger partial charge in [0, 0.05) is 12.6 Å². The molecule has 8 heteroatoms. The molecule has 0 aliphatic heterocycles. The highest BCUT2D eigenvalue weighted by Crippen LogP contribution is 2.26. The molecular weight excluding hydrogens is 510 g/mol. The molecule has 1 fully saturated rings. The van der Waals surface area contributed by atoms with E-state index < -0.39 is 28.5 Å². The predicted molar refractivity (Wildman–Crippen MR) is 154 cm³/mol. The van der Waals surface area contributed by atoms with Crippen LogP contribution in [0.2, 0.25) is 0 Å². The lowest BCUT2D eigenvalue weighted by atomic mass is 10.1. The van der Waals surface area contributed by atoms with Crippen LogP contribution in [-0.2, 0) is 26.2 Å². The van der Waals surface area contributed by atoms with E-state index >= 15 is 0 Å². The highest BCUT2D eigenvalue weighted by atomic mass is 32.2. The molecule has 7 nitrogen and oxygen atoms in total. The maximum Gasteiger partial charge on any atom is 0.264 e. The van der Waals surface area contributed by atoms with Gasteiger partial charge in [-0.1, -0.05) is 67.4 Å². The van der Waals surface area contributed by atoms with Gasteiger partial charge in [-0.3, -0.25) is 13.9 Å². The Kier molecular flexibility index (Phi) is 9.07. The second kappa shape index (κ2) is 12.5. The van der Waals surface area contributed by atoms with Crippen molar-refractivity contribution in [1.29, 1.82) is 0 Å². The van der Waals surface area contributed by atoms with Crippen LogP contribution in [0.1, 0.15) is 49.3 Å². The fraction of sp³-hybridized carbons (Fsp3) is 0.355. The van der Waals surface area contributed by atoms with Crippen molar-refractivity contribution >= 4 is 27.5 Å². The van der Waals surface area contributed by atoms with Crippen LogP contribution >= 0.6 is 0 Å². The Balaban J connectivity index is 1.69. The molecule has 3 aromatic carbocycles. The molecule has 0 saturated heterocycles. The minimum absolute atomic E-state index is 0.0942. The molecule has 39 heavy (non-hydrogen) atoms. The van der Waals surface area contributed by atoms with Crippen molar-refractivity contribution in [2.24, 2.45) is 0 Å². The number of rotatable bonds is 10. The minimum Gasteiger partial charge on any atom is -0.352 e. The number of amides is 2. The first-order chi connectivity index (χ1) is 18.7. The van der Waals surface area contributed by atoms with Crippen molar-refractivity contribution in [3.63, 3.8) is 0 Å². The quantitative estimate of drug-likeness (QED) is 0.388. The van der Waals surface area contributed by atoms with E-state index in [0.29, 0.717) is 5.69 Å². The third kappa shape index (κ3) is 6.87. The fourth-order valence-corrected chi connectivity index (χ4v) is 6.40. The van der Waals surface area contributed by atoms with E-state index in [1.807, 2.05) is 44.2 Å². The molecule has 206 valence electrons. The number of anilines is 1. The van der Waals surface area contributed by atoms with E-state index in [1.165, 1.54) is 17.0 Å². The summed E-state index contributed by atoms with van der Waals surface area (Å²) in [5.41, 5.74) is 3.16. The maximum absolute atomic E-state index is 14.0. The van der Waals surface area contributed by atoms with Gasteiger partial charge >= 0.3 is 0 Å². The average molecular weight is 548 g/mol. The standard InChI is InChI=1S/C31H37N3O4S/c1-23-12-11-17-28(20-23)34(39(37,38)29-18-5-4-6-19-29)22-30(35)33(21-26-14-8-7-13-24(26)2)25(3)31(36)32-27-15-9-10-16-27/h4-8,11-14,17-20,25,27H,9-10,15-16,21-22H2,1-3H3,(H,32,36). The summed E-state index contributed by atoms with van der Waals surface area (Å²) in [7, 11) is -4.06. The first-order valence-corrected chi connectivity index (χ1v) is 14.9. The van der Waals surface area contributed by atoms with Crippen LogP contribution in [0.3, 0.4) is 0 Å². The number of hydrogen-bond acceptors (Lipinski definition) is 4. The van der Waals surface area contributed by atoms with Crippen molar-refractivity contribution in [2.45, 2.75) is 70.0 Å². The second-order valence-electron chi connectivity index (χ2n) is 10.3.